The van der Waals surface area contributed by atoms with Crippen LogP contribution in [0.3, 0.4) is 0 Å². The molecule has 2 N–H and O–H groups in total. The van der Waals surface area contributed by atoms with Gasteiger partial charge in [0.2, 0.25) is 5.91 Å². The first-order valence-electron chi connectivity index (χ1n) is 4.80. The molecule has 1 rings (SSSR count). The smallest absolute Gasteiger partial charge is 0.223 e. The van der Waals surface area contributed by atoms with Crippen molar-refractivity contribution in [1.82, 2.24) is 4.98 Å². The van der Waals surface area contributed by atoms with E-state index < -0.39 is 5.91 Å². The standard InChI is InChI=1S/C11H13ClN2O2/c1-3-16-7(2)9-5-4-8(6-10(13)15)14-11(9)12/h4-5H,2-3,6H2,1H3,(H2,13,15). The van der Waals surface area contributed by atoms with E-state index in [1.54, 1.807) is 12.1 Å². The van der Waals surface area contributed by atoms with E-state index in [9.17, 15) is 4.79 Å². The number of nitrogens with two attached hydrogens (primary N) is 1. The predicted octanol–water partition coefficient (Wildman–Crippen LogP) is 1.77. The second-order valence-corrected chi connectivity index (χ2v) is 3.50. The number of ether oxygens (including phenoxy) is 1. The Morgan fingerprint density at radius 2 is 2.31 bits per heavy atom. The highest BCUT2D eigenvalue weighted by Crippen LogP contribution is 2.22. The highest BCUT2D eigenvalue weighted by atomic mass is 35.5. The van der Waals surface area contributed by atoms with E-state index >= 15 is 0 Å². The van der Waals surface area contributed by atoms with Gasteiger partial charge in [0.25, 0.3) is 0 Å². The SMILES string of the molecule is C=C(OCC)c1ccc(CC(N)=O)nc1Cl. The number of carbonyl (C=O) groups excluding carboxylic acids is 1. The molecule has 5 heteroatoms. The number of halogens is 1. The molecular formula is C11H13ClN2O2. The summed E-state index contributed by atoms with van der Waals surface area (Å²) in [5.74, 6) is 0.0191. The molecule has 1 amide bonds. The molecule has 1 heterocycles. The molecule has 0 fully saturated rings. The van der Waals surface area contributed by atoms with Crippen molar-refractivity contribution in [1.29, 1.82) is 0 Å². The van der Waals surface area contributed by atoms with Gasteiger partial charge in [-0.05, 0) is 19.1 Å². The van der Waals surface area contributed by atoms with Gasteiger partial charge in [0, 0.05) is 0 Å². The zero-order valence-corrected chi connectivity index (χ0v) is 9.75. The van der Waals surface area contributed by atoms with Crippen molar-refractivity contribution < 1.29 is 9.53 Å². The highest BCUT2D eigenvalue weighted by molar-refractivity contribution is 6.31. The topological polar surface area (TPSA) is 65.2 Å². The zero-order valence-electron chi connectivity index (χ0n) is 9.00. The molecule has 0 aromatic carbocycles. The number of carbonyl (C=O) groups is 1. The van der Waals surface area contributed by atoms with Gasteiger partial charge in [0.1, 0.15) is 10.9 Å². The Kier molecular flexibility index (Phi) is 4.31. The Morgan fingerprint density at radius 3 is 2.81 bits per heavy atom. The third-order valence-corrected chi connectivity index (χ3v) is 2.17. The molecule has 0 saturated heterocycles. The van der Waals surface area contributed by atoms with E-state index in [1.165, 1.54) is 0 Å². The van der Waals surface area contributed by atoms with Gasteiger partial charge in [0.15, 0.2) is 0 Å². The molecule has 0 aliphatic carbocycles. The summed E-state index contributed by atoms with van der Waals surface area (Å²) in [7, 11) is 0. The number of hydrogen-bond acceptors (Lipinski definition) is 3. The van der Waals surface area contributed by atoms with Gasteiger partial charge in [0.05, 0.1) is 24.3 Å². The average molecular weight is 241 g/mol. The molecule has 16 heavy (non-hydrogen) atoms. The molecule has 86 valence electrons. The molecule has 0 atom stereocenters. The highest BCUT2D eigenvalue weighted by Gasteiger charge is 2.09. The Morgan fingerprint density at radius 1 is 1.62 bits per heavy atom. The van der Waals surface area contributed by atoms with Gasteiger partial charge in [-0.15, -0.1) is 0 Å². The number of aromatic nitrogens is 1. The maximum Gasteiger partial charge on any atom is 0.223 e. The molecule has 1 aromatic heterocycles. The number of hydrogen-bond donors (Lipinski definition) is 1. The van der Waals surface area contributed by atoms with Crippen molar-refractivity contribution >= 4 is 23.3 Å². The number of primary amides is 1. The summed E-state index contributed by atoms with van der Waals surface area (Å²) in [4.78, 5) is 14.7. The lowest BCUT2D eigenvalue weighted by Crippen LogP contribution is -2.14. The van der Waals surface area contributed by atoms with Gasteiger partial charge in [-0.3, -0.25) is 4.79 Å². The molecule has 1 aromatic rings. The van der Waals surface area contributed by atoms with Crippen LogP contribution in [0.4, 0.5) is 0 Å². The van der Waals surface area contributed by atoms with Crippen molar-refractivity contribution in [3.8, 4) is 0 Å². The maximum absolute atomic E-state index is 10.7. The summed E-state index contributed by atoms with van der Waals surface area (Å²) in [6.45, 7) is 6.10. The van der Waals surface area contributed by atoms with Crippen molar-refractivity contribution in [2.24, 2.45) is 5.73 Å². The Labute approximate surface area is 99.1 Å². The number of nitrogens with zero attached hydrogens (tertiary/aromatic N) is 1. The van der Waals surface area contributed by atoms with Crippen LogP contribution in [0.5, 0.6) is 0 Å². The van der Waals surface area contributed by atoms with Gasteiger partial charge >= 0.3 is 0 Å². The van der Waals surface area contributed by atoms with E-state index in [1.807, 2.05) is 6.92 Å². The predicted molar refractivity (Wildman–Crippen MR) is 62.8 cm³/mol. The molecule has 0 spiro atoms. The molecule has 0 radical (unpaired) electrons. The Hall–Kier alpha value is -1.55. The monoisotopic (exact) mass is 240 g/mol. The minimum absolute atomic E-state index is 0.0705. The summed E-state index contributed by atoms with van der Waals surface area (Å²) in [6.07, 6.45) is 0.0705. The van der Waals surface area contributed by atoms with E-state index in [0.29, 0.717) is 23.6 Å². The van der Waals surface area contributed by atoms with Crippen LogP contribution < -0.4 is 5.73 Å². The van der Waals surface area contributed by atoms with Gasteiger partial charge in [-0.25, -0.2) is 4.98 Å². The van der Waals surface area contributed by atoms with Gasteiger partial charge in [-0.2, -0.15) is 0 Å². The van der Waals surface area contributed by atoms with Crippen LogP contribution in [0.15, 0.2) is 18.7 Å². The molecule has 0 bridgehead atoms. The molecular weight excluding hydrogens is 228 g/mol. The molecule has 0 unspecified atom stereocenters. The van der Waals surface area contributed by atoms with Crippen molar-refractivity contribution in [3.63, 3.8) is 0 Å². The van der Waals surface area contributed by atoms with Crippen LogP contribution in [0.2, 0.25) is 5.15 Å². The lowest BCUT2D eigenvalue weighted by atomic mass is 10.2. The lowest BCUT2D eigenvalue weighted by Gasteiger charge is -2.08. The van der Waals surface area contributed by atoms with Crippen LogP contribution in [-0.4, -0.2) is 17.5 Å². The normalized spacial score (nSPS) is 9.88. The zero-order chi connectivity index (χ0) is 12.1. The van der Waals surface area contributed by atoms with E-state index in [4.69, 9.17) is 22.1 Å². The molecule has 0 aliphatic rings. The van der Waals surface area contributed by atoms with Crippen LogP contribution >= 0.6 is 11.6 Å². The minimum Gasteiger partial charge on any atom is -0.494 e. The fourth-order valence-electron chi connectivity index (χ4n) is 1.21. The first-order chi connectivity index (χ1) is 7.54. The largest absolute Gasteiger partial charge is 0.494 e. The summed E-state index contributed by atoms with van der Waals surface area (Å²) in [5.41, 5.74) is 6.21. The van der Waals surface area contributed by atoms with Gasteiger partial charge in [-0.1, -0.05) is 18.2 Å². The summed E-state index contributed by atoms with van der Waals surface area (Å²) in [5, 5.41) is 0.261. The third-order valence-electron chi connectivity index (χ3n) is 1.88. The van der Waals surface area contributed by atoms with Crippen LogP contribution in [0, 0.1) is 0 Å². The number of rotatable bonds is 5. The second-order valence-electron chi connectivity index (χ2n) is 3.14. The van der Waals surface area contributed by atoms with Crippen molar-refractivity contribution in [2.75, 3.05) is 6.61 Å². The van der Waals surface area contributed by atoms with E-state index in [-0.39, 0.29) is 11.6 Å². The maximum atomic E-state index is 10.7. The van der Waals surface area contributed by atoms with E-state index in [0.717, 1.165) is 0 Å². The summed E-state index contributed by atoms with van der Waals surface area (Å²) >= 11 is 5.94. The van der Waals surface area contributed by atoms with E-state index in [2.05, 4.69) is 11.6 Å². The number of pyridine rings is 1. The van der Waals surface area contributed by atoms with Crippen molar-refractivity contribution in [2.45, 2.75) is 13.3 Å². The third kappa shape index (κ3) is 3.24. The summed E-state index contributed by atoms with van der Waals surface area (Å²) < 4.78 is 5.22. The van der Waals surface area contributed by atoms with Crippen LogP contribution in [-0.2, 0) is 16.0 Å². The number of amides is 1. The van der Waals surface area contributed by atoms with Crippen molar-refractivity contribution in [3.05, 3.63) is 35.1 Å². The minimum atomic E-state index is -0.444. The second kappa shape index (κ2) is 5.51. The fraction of sp³-hybridized carbons (Fsp3) is 0.273. The Balaban J connectivity index is 2.91. The van der Waals surface area contributed by atoms with Crippen LogP contribution in [0.1, 0.15) is 18.2 Å². The quantitative estimate of drug-likeness (QED) is 0.630. The molecule has 0 aliphatic heterocycles. The average Bonchev–Trinajstić information content (AvgIpc) is 2.16. The Bertz CT molecular complexity index is 418. The summed E-state index contributed by atoms with van der Waals surface area (Å²) in [6, 6.07) is 3.39. The first kappa shape index (κ1) is 12.5. The molecule has 0 saturated carbocycles. The fourth-order valence-corrected chi connectivity index (χ4v) is 1.49. The first-order valence-corrected chi connectivity index (χ1v) is 5.18. The van der Waals surface area contributed by atoms with Gasteiger partial charge < -0.3 is 10.5 Å². The molecule has 4 nitrogen and oxygen atoms in total. The lowest BCUT2D eigenvalue weighted by molar-refractivity contribution is -0.117. The van der Waals surface area contributed by atoms with Crippen LogP contribution in [0.25, 0.3) is 5.76 Å².